The van der Waals surface area contributed by atoms with Crippen LogP contribution in [0, 0.1) is 5.92 Å². The third kappa shape index (κ3) is 8.00. The van der Waals surface area contributed by atoms with Crippen LogP contribution in [0.3, 0.4) is 0 Å². The van der Waals surface area contributed by atoms with Crippen molar-refractivity contribution < 1.29 is 44.3 Å². The summed E-state index contributed by atoms with van der Waals surface area (Å²) in [6.07, 6.45) is 5.37. The van der Waals surface area contributed by atoms with Crippen molar-refractivity contribution in [2.45, 2.75) is 59.4 Å². The Morgan fingerprint density at radius 1 is 1.14 bits per heavy atom. The van der Waals surface area contributed by atoms with Gasteiger partial charge in [0.25, 0.3) is 0 Å². The molecule has 0 radical (unpaired) electrons. The van der Waals surface area contributed by atoms with Crippen LogP contribution in [-0.4, -0.2) is 22.9 Å². The Hall–Kier alpha value is -1.56. The average Bonchev–Trinajstić information content (AvgIpc) is 3.05. The number of carboxylic acid groups (broad SMARTS) is 1. The van der Waals surface area contributed by atoms with Gasteiger partial charge < -0.3 is 19.8 Å². The van der Waals surface area contributed by atoms with E-state index in [1.165, 1.54) is 0 Å². The van der Waals surface area contributed by atoms with Gasteiger partial charge in [-0.05, 0) is 48.8 Å². The van der Waals surface area contributed by atoms with Gasteiger partial charge in [-0.25, -0.2) is 0 Å². The van der Waals surface area contributed by atoms with Gasteiger partial charge in [0.1, 0.15) is 0 Å². The average molecular weight is 407 g/mol. The molecule has 0 bridgehead atoms. The fourth-order valence-corrected chi connectivity index (χ4v) is 3.14. The molecule has 0 saturated carbocycles. The van der Waals surface area contributed by atoms with E-state index in [9.17, 15) is 14.7 Å². The Bertz CT molecular complexity index is 812. The van der Waals surface area contributed by atoms with Crippen LogP contribution in [0.4, 0.5) is 5.69 Å². The Morgan fingerprint density at radius 2 is 1.86 bits per heavy atom. The van der Waals surface area contributed by atoms with Gasteiger partial charge in [0.2, 0.25) is 0 Å². The van der Waals surface area contributed by atoms with E-state index in [4.69, 9.17) is 0 Å². The van der Waals surface area contributed by atoms with Gasteiger partial charge in [0, 0.05) is 48.3 Å². The maximum absolute atomic E-state index is 13.2. The second-order valence-corrected chi connectivity index (χ2v) is 8.01. The minimum atomic E-state index is -1.05. The van der Waals surface area contributed by atoms with Gasteiger partial charge in [-0.3, -0.25) is 4.79 Å². The predicted molar refractivity (Wildman–Crippen MR) is 111 cm³/mol. The summed E-state index contributed by atoms with van der Waals surface area (Å²) in [6, 6.07) is 7.62. The normalized spacial score (nSPS) is 10.8. The molecule has 0 atom stereocenters. The van der Waals surface area contributed by atoms with Gasteiger partial charge >= 0.3 is 29.6 Å². The Morgan fingerprint density at radius 3 is 2.48 bits per heavy atom. The fourth-order valence-electron chi connectivity index (χ4n) is 3.14. The van der Waals surface area contributed by atoms with Crippen LogP contribution in [0.15, 0.2) is 36.7 Å². The molecule has 6 heteroatoms. The molecule has 1 N–H and O–H groups in total. The molecule has 0 fully saturated rings. The number of rotatable bonds is 11. The molecule has 0 aliphatic carbocycles. The second-order valence-electron chi connectivity index (χ2n) is 8.01. The third-order valence-corrected chi connectivity index (χ3v) is 4.75. The number of nitrogens with zero attached hydrogens (tertiary/aromatic N) is 1. The summed E-state index contributed by atoms with van der Waals surface area (Å²) in [4.78, 5) is 23.8. The third-order valence-electron chi connectivity index (χ3n) is 4.75. The molecule has 2 aromatic rings. The fraction of sp³-hybridized carbons (Fsp3) is 0.478. The van der Waals surface area contributed by atoms with E-state index in [1.807, 2.05) is 41.2 Å². The molecule has 5 nitrogen and oxygen atoms in total. The standard InChI is InChI=1S/C23H32N2O3.Na/c1-16(2)10-11-24-19-8-5-7-18(13-19)23(28)21-15-25(12-6-9-22(26)27)14-20(21)17(3)4;/h5,7-8,13-17,24H,6,9-12H2,1-4H3,(H,26,27);/q;+1/p-1. The van der Waals surface area contributed by atoms with Gasteiger partial charge in [-0.1, -0.05) is 39.8 Å². The quantitative estimate of drug-likeness (QED) is 0.443. The van der Waals surface area contributed by atoms with Crippen LogP contribution in [0.2, 0.25) is 0 Å². The van der Waals surface area contributed by atoms with Crippen molar-refractivity contribution >= 4 is 17.4 Å². The summed E-state index contributed by atoms with van der Waals surface area (Å²) in [7, 11) is 0. The molecule has 2 rings (SSSR count). The number of hydrogen-bond acceptors (Lipinski definition) is 4. The van der Waals surface area contributed by atoms with Crippen molar-refractivity contribution in [3.05, 3.63) is 53.3 Å². The van der Waals surface area contributed by atoms with E-state index >= 15 is 0 Å². The monoisotopic (exact) mass is 406 g/mol. The predicted octanol–water partition coefficient (Wildman–Crippen LogP) is 0.835. The summed E-state index contributed by atoms with van der Waals surface area (Å²) < 4.78 is 1.91. The van der Waals surface area contributed by atoms with Crippen LogP contribution in [-0.2, 0) is 11.3 Å². The summed E-state index contributed by atoms with van der Waals surface area (Å²) in [5, 5.41) is 14.0. The Labute approximate surface area is 196 Å². The SMILES string of the molecule is CC(C)CCNc1cccc(C(=O)c2cn(CCCC(=O)[O-])cc2C(C)C)c1.[Na+]. The van der Waals surface area contributed by atoms with Crippen molar-refractivity contribution in [1.82, 2.24) is 4.57 Å². The number of aromatic nitrogens is 1. The number of carbonyl (C=O) groups is 2. The summed E-state index contributed by atoms with van der Waals surface area (Å²) in [6.45, 7) is 9.92. The molecular formula is C23H31N2NaO3. The van der Waals surface area contributed by atoms with Crippen molar-refractivity contribution in [2.24, 2.45) is 5.92 Å². The van der Waals surface area contributed by atoms with E-state index < -0.39 is 5.97 Å². The molecule has 1 heterocycles. The topological polar surface area (TPSA) is 74.2 Å². The number of anilines is 1. The van der Waals surface area contributed by atoms with Gasteiger partial charge in [0.05, 0.1) is 0 Å². The molecule has 0 spiro atoms. The van der Waals surface area contributed by atoms with Crippen molar-refractivity contribution in [1.29, 1.82) is 0 Å². The van der Waals surface area contributed by atoms with Crippen LogP contribution in [0.1, 0.15) is 74.4 Å². The maximum atomic E-state index is 13.2. The molecule has 29 heavy (non-hydrogen) atoms. The van der Waals surface area contributed by atoms with E-state index in [2.05, 4.69) is 33.0 Å². The van der Waals surface area contributed by atoms with Crippen LogP contribution < -0.4 is 40.0 Å². The number of carbonyl (C=O) groups excluding carboxylic acids is 2. The summed E-state index contributed by atoms with van der Waals surface area (Å²) >= 11 is 0. The first kappa shape index (κ1) is 25.5. The number of aryl methyl sites for hydroxylation is 1. The van der Waals surface area contributed by atoms with E-state index in [1.54, 1.807) is 0 Å². The summed E-state index contributed by atoms with van der Waals surface area (Å²) in [5.41, 5.74) is 3.27. The van der Waals surface area contributed by atoms with Crippen LogP contribution >= 0.6 is 0 Å². The minimum absolute atomic E-state index is 0. The largest absolute Gasteiger partial charge is 1.00 e. The zero-order chi connectivity index (χ0) is 20.7. The molecule has 0 aliphatic heterocycles. The molecule has 1 aromatic carbocycles. The minimum Gasteiger partial charge on any atom is -0.550 e. The Kier molecular flexibility index (Phi) is 10.7. The van der Waals surface area contributed by atoms with Gasteiger partial charge in [-0.2, -0.15) is 0 Å². The first-order valence-corrected chi connectivity index (χ1v) is 10.1. The Balaban J connectivity index is 0.00000420. The van der Waals surface area contributed by atoms with Crippen LogP contribution in [0.25, 0.3) is 0 Å². The van der Waals surface area contributed by atoms with E-state index in [-0.39, 0.29) is 47.7 Å². The van der Waals surface area contributed by atoms with Crippen molar-refractivity contribution in [3.8, 4) is 0 Å². The molecule has 152 valence electrons. The van der Waals surface area contributed by atoms with Gasteiger partial charge in [0.15, 0.2) is 5.78 Å². The number of ketones is 1. The molecular weight excluding hydrogens is 375 g/mol. The zero-order valence-corrected chi connectivity index (χ0v) is 20.3. The number of nitrogens with one attached hydrogen (secondary N) is 1. The molecule has 0 unspecified atom stereocenters. The molecule has 0 aliphatic rings. The smallest absolute Gasteiger partial charge is 0.550 e. The van der Waals surface area contributed by atoms with Gasteiger partial charge in [-0.15, -0.1) is 0 Å². The first-order chi connectivity index (χ1) is 13.3. The summed E-state index contributed by atoms with van der Waals surface area (Å²) in [5.74, 6) is -0.222. The molecule has 0 saturated heterocycles. The van der Waals surface area contributed by atoms with Crippen molar-refractivity contribution in [3.63, 3.8) is 0 Å². The zero-order valence-electron chi connectivity index (χ0n) is 18.3. The molecule has 1 aromatic heterocycles. The van der Waals surface area contributed by atoms with Crippen LogP contribution in [0.5, 0.6) is 0 Å². The van der Waals surface area contributed by atoms with E-state index in [0.717, 1.165) is 24.2 Å². The number of carboxylic acids is 1. The van der Waals surface area contributed by atoms with E-state index in [0.29, 0.717) is 30.0 Å². The number of benzene rings is 1. The number of aliphatic carboxylic acids is 1. The second kappa shape index (κ2) is 12.2. The van der Waals surface area contributed by atoms with Crippen molar-refractivity contribution in [2.75, 3.05) is 11.9 Å². The number of hydrogen-bond donors (Lipinski definition) is 1. The molecule has 0 amide bonds. The first-order valence-electron chi connectivity index (χ1n) is 10.1. The maximum Gasteiger partial charge on any atom is 1.00 e.